The van der Waals surface area contributed by atoms with Gasteiger partial charge in [0.1, 0.15) is 0 Å². The van der Waals surface area contributed by atoms with Gasteiger partial charge in [0.15, 0.2) is 5.69 Å². The monoisotopic (exact) mass is 289 g/mol. The number of H-pyrrole nitrogens is 1. The highest BCUT2D eigenvalue weighted by Crippen LogP contribution is 2.37. The molecule has 0 amide bonds. The number of nitrogens with one attached hydrogen (secondary N) is 1. The lowest BCUT2D eigenvalue weighted by Gasteiger charge is -2.15. The van der Waals surface area contributed by atoms with Crippen molar-refractivity contribution in [2.75, 3.05) is 5.73 Å². The maximum Gasteiger partial charge on any atom is 0.213 e. The average Bonchev–Trinajstić information content (AvgIpc) is 2.79. The van der Waals surface area contributed by atoms with Crippen LogP contribution in [0.1, 0.15) is 42.0 Å². The lowest BCUT2D eigenvalue weighted by atomic mass is 9.89. The number of aromatic nitrogens is 1. The molecule has 0 spiro atoms. The SMILES string of the molecule is Nc1c2c([nH+]c3ccccc13)[C@H](c1ccccc1)CCCC2. The molecular formula is C20H21N2+. The smallest absolute Gasteiger partial charge is 0.213 e. The van der Waals surface area contributed by atoms with Gasteiger partial charge >= 0.3 is 0 Å². The Morgan fingerprint density at radius 3 is 2.55 bits per heavy atom. The lowest BCUT2D eigenvalue weighted by molar-refractivity contribution is -0.360. The lowest BCUT2D eigenvalue weighted by Crippen LogP contribution is -2.21. The predicted molar refractivity (Wildman–Crippen MR) is 90.8 cm³/mol. The minimum atomic E-state index is 0.422. The summed E-state index contributed by atoms with van der Waals surface area (Å²) in [4.78, 5) is 3.70. The third-order valence-electron chi connectivity index (χ3n) is 4.86. The van der Waals surface area contributed by atoms with E-state index < -0.39 is 0 Å². The number of nitrogens with two attached hydrogens (primary N) is 1. The van der Waals surface area contributed by atoms with Gasteiger partial charge < -0.3 is 5.73 Å². The first kappa shape index (κ1) is 13.3. The first-order valence-electron chi connectivity index (χ1n) is 8.12. The van der Waals surface area contributed by atoms with Crippen molar-refractivity contribution in [3.63, 3.8) is 0 Å². The van der Waals surface area contributed by atoms with Gasteiger partial charge in [-0.05, 0) is 30.9 Å². The highest BCUT2D eigenvalue weighted by Gasteiger charge is 2.29. The summed E-state index contributed by atoms with van der Waals surface area (Å²) in [6.45, 7) is 0. The highest BCUT2D eigenvalue weighted by molar-refractivity contribution is 5.89. The van der Waals surface area contributed by atoms with Crippen LogP contribution in [0.3, 0.4) is 0 Å². The van der Waals surface area contributed by atoms with Crippen molar-refractivity contribution in [1.82, 2.24) is 0 Å². The van der Waals surface area contributed by atoms with Crippen molar-refractivity contribution >= 4 is 16.6 Å². The van der Waals surface area contributed by atoms with E-state index in [1.165, 1.54) is 36.1 Å². The fourth-order valence-corrected chi connectivity index (χ4v) is 3.74. The van der Waals surface area contributed by atoms with Gasteiger partial charge in [-0.25, -0.2) is 4.98 Å². The van der Waals surface area contributed by atoms with Crippen molar-refractivity contribution in [2.45, 2.75) is 31.6 Å². The van der Waals surface area contributed by atoms with Crippen LogP contribution in [0, 0.1) is 0 Å². The van der Waals surface area contributed by atoms with E-state index in [0.29, 0.717) is 5.92 Å². The molecule has 1 atom stereocenters. The molecule has 1 heterocycles. The van der Waals surface area contributed by atoms with Crippen LogP contribution < -0.4 is 10.7 Å². The van der Waals surface area contributed by atoms with Gasteiger partial charge in [-0.1, -0.05) is 48.9 Å². The Kier molecular flexibility index (Phi) is 3.30. The fraction of sp³-hybridized carbons (Fsp3) is 0.250. The van der Waals surface area contributed by atoms with Crippen LogP contribution in [0.5, 0.6) is 0 Å². The van der Waals surface area contributed by atoms with E-state index in [2.05, 4.69) is 59.6 Å². The summed E-state index contributed by atoms with van der Waals surface area (Å²) >= 11 is 0. The quantitative estimate of drug-likeness (QED) is 0.673. The van der Waals surface area contributed by atoms with Crippen LogP contribution in [0.15, 0.2) is 54.6 Å². The fourth-order valence-electron chi connectivity index (χ4n) is 3.74. The van der Waals surface area contributed by atoms with Crippen LogP contribution in [0.2, 0.25) is 0 Å². The van der Waals surface area contributed by atoms with Crippen molar-refractivity contribution in [2.24, 2.45) is 0 Å². The predicted octanol–water partition coefficient (Wildman–Crippen LogP) is 4.09. The first-order chi connectivity index (χ1) is 10.8. The van der Waals surface area contributed by atoms with Crippen molar-refractivity contribution in [3.8, 4) is 0 Å². The Balaban J connectivity index is 1.96. The summed E-state index contributed by atoms with van der Waals surface area (Å²) in [5.41, 5.74) is 12.7. The number of benzene rings is 2. The molecule has 2 nitrogen and oxygen atoms in total. The third-order valence-corrected chi connectivity index (χ3v) is 4.86. The molecule has 0 unspecified atom stereocenters. The molecule has 0 radical (unpaired) electrons. The summed E-state index contributed by atoms with van der Waals surface area (Å²) in [5, 5.41) is 1.15. The van der Waals surface area contributed by atoms with Gasteiger partial charge in [-0.3, -0.25) is 0 Å². The number of fused-ring (bicyclic) bond motifs is 2. The largest absolute Gasteiger partial charge is 0.398 e. The Morgan fingerprint density at radius 1 is 0.909 bits per heavy atom. The van der Waals surface area contributed by atoms with E-state index in [4.69, 9.17) is 5.73 Å². The van der Waals surface area contributed by atoms with Crippen molar-refractivity contribution < 1.29 is 4.98 Å². The third kappa shape index (κ3) is 2.16. The zero-order chi connectivity index (χ0) is 14.9. The topological polar surface area (TPSA) is 40.2 Å². The summed E-state index contributed by atoms with van der Waals surface area (Å²) in [7, 11) is 0. The standard InChI is InChI=1S/C20H20N2/c21-19-16-11-6-7-13-18(16)22-20-15(10-4-5-12-17(19)20)14-8-2-1-3-9-14/h1-3,6-9,11,13,15H,4-5,10,12H2,(H2,21,22)/p+1/t15-/m0/s1. The number of nitrogen functional groups attached to an aromatic ring is 1. The number of pyridine rings is 1. The van der Waals surface area contributed by atoms with Gasteiger partial charge in [0.25, 0.3) is 0 Å². The number of aromatic amines is 1. The zero-order valence-electron chi connectivity index (χ0n) is 12.7. The molecule has 2 heteroatoms. The summed E-state index contributed by atoms with van der Waals surface area (Å²) in [6, 6.07) is 19.2. The maximum absolute atomic E-state index is 6.53. The van der Waals surface area contributed by atoms with Crippen LogP contribution in [-0.4, -0.2) is 0 Å². The molecule has 110 valence electrons. The van der Waals surface area contributed by atoms with E-state index in [9.17, 15) is 0 Å². The molecular weight excluding hydrogens is 268 g/mol. The summed E-state index contributed by atoms with van der Waals surface area (Å²) < 4.78 is 0. The van der Waals surface area contributed by atoms with Crippen LogP contribution in [-0.2, 0) is 6.42 Å². The second-order valence-corrected chi connectivity index (χ2v) is 6.19. The number of para-hydroxylation sites is 1. The van der Waals surface area contributed by atoms with E-state index in [-0.39, 0.29) is 0 Å². The molecule has 1 aliphatic rings. The minimum Gasteiger partial charge on any atom is -0.398 e. The normalized spacial score (nSPS) is 17.9. The highest BCUT2D eigenvalue weighted by atomic mass is 14.7. The molecule has 4 rings (SSSR count). The minimum absolute atomic E-state index is 0.422. The van der Waals surface area contributed by atoms with Gasteiger partial charge in [-0.15, -0.1) is 0 Å². The van der Waals surface area contributed by atoms with E-state index in [1.54, 1.807) is 0 Å². The number of hydrogen-bond donors (Lipinski definition) is 1. The van der Waals surface area contributed by atoms with Crippen molar-refractivity contribution in [3.05, 3.63) is 71.4 Å². The molecule has 0 saturated heterocycles. The second kappa shape index (κ2) is 5.45. The molecule has 0 bridgehead atoms. The molecule has 3 aromatic rings. The summed E-state index contributed by atoms with van der Waals surface area (Å²) in [5.74, 6) is 0.422. The van der Waals surface area contributed by atoms with Gasteiger partial charge in [0, 0.05) is 11.6 Å². The number of rotatable bonds is 1. The van der Waals surface area contributed by atoms with Crippen LogP contribution in [0.4, 0.5) is 5.69 Å². The molecule has 0 fully saturated rings. The van der Waals surface area contributed by atoms with E-state index in [1.807, 2.05) is 0 Å². The van der Waals surface area contributed by atoms with E-state index in [0.717, 1.165) is 23.0 Å². The first-order valence-corrected chi connectivity index (χ1v) is 8.12. The van der Waals surface area contributed by atoms with E-state index >= 15 is 0 Å². The Bertz CT molecular complexity index is 809. The molecule has 22 heavy (non-hydrogen) atoms. The van der Waals surface area contributed by atoms with Gasteiger partial charge in [0.2, 0.25) is 5.52 Å². The molecule has 0 aliphatic heterocycles. The Hall–Kier alpha value is -2.35. The summed E-state index contributed by atoms with van der Waals surface area (Å²) in [6.07, 6.45) is 4.72. The average molecular weight is 289 g/mol. The zero-order valence-corrected chi connectivity index (χ0v) is 12.7. The molecule has 1 aliphatic carbocycles. The van der Waals surface area contributed by atoms with Gasteiger partial charge in [-0.2, -0.15) is 0 Å². The maximum atomic E-state index is 6.53. The Labute approximate surface area is 131 Å². The van der Waals surface area contributed by atoms with Crippen molar-refractivity contribution in [1.29, 1.82) is 0 Å². The molecule has 1 aromatic heterocycles. The molecule has 3 N–H and O–H groups in total. The molecule has 2 aromatic carbocycles. The van der Waals surface area contributed by atoms with Crippen LogP contribution in [0.25, 0.3) is 10.9 Å². The van der Waals surface area contributed by atoms with Crippen LogP contribution >= 0.6 is 0 Å². The Morgan fingerprint density at radius 2 is 1.68 bits per heavy atom. The van der Waals surface area contributed by atoms with Gasteiger partial charge in [0.05, 0.1) is 17.0 Å². The second-order valence-electron chi connectivity index (χ2n) is 6.19. The molecule has 0 saturated carbocycles. The number of hydrogen-bond acceptors (Lipinski definition) is 1. The number of anilines is 1.